The Labute approximate surface area is 106 Å². The zero-order valence-corrected chi connectivity index (χ0v) is 10.8. The maximum Gasteiger partial charge on any atom is 0.0729 e. The van der Waals surface area contributed by atoms with Crippen LogP contribution in [0.3, 0.4) is 0 Å². The first-order valence-corrected chi connectivity index (χ1v) is 6.08. The van der Waals surface area contributed by atoms with E-state index in [9.17, 15) is 0 Å². The van der Waals surface area contributed by atoms with Crippen LogP contribution in [0.4, 0.5) is 5.69 Å². The van der Waals surface area contributed by atoms with Crippen molar-refractivity contribution in [3.63, 3.8) is 0 Å². The van der Waals surface area contributed by atoms with Crippen molar-refractivity contribution in [1.82, 2.24) is 9.78 Å². The number of nitrogens with one attached hydrogen (secondary N) is 1. The highest BCUT2D eigenvalue weighted by atomic mass is 35.5. The van der Waals surface area contributed by atoms with Crippen LogP contribution in [0.15, 0.2) is 30.6 Å². The van der Waals surface area contributed by atoms with Gasteiger partial charge in [0.1, 0.15) is 0 Å². The molecule has 0 saturated carbocycles. The van der Waals surface area contributed by atoms with E-state index in [-0.39, 0.29) is 0 Å². The average Bonchev–Trinajstić information content (AvgIpc) is 2.76. The highest BCUT2D eigenvalue weighted by Gasteiger charge is 2.00. The monoisotopic (exact) mass is 249 g/mol. The molecular weight excluding hydrogens is 234 g/mol. The molecule has 17 heavy (non-hydrogen) atoms. The fourth-order valence-corrected chi connectivity index (χ4v) is 1.91. The number of anilines is 1. The number of rotatable bonds is 4. The normalized spacial score (nSPS) is 10.5. The molecule has 4 heteroatoms. The Balaban J connectivity index is 2.02. The molecule has 0 amide bonds. The van der Waals surface area contributed by atoms with Crippen molar-refractivity contribution in [2.75, 3.05) is 5.32 Å². The Morgan fingerprint density at radius 3 is 2.88 bits per heavy atom. The third-order valence-electron chi connectivity index (χ3n) is 2.74. The van der Waals surface area contributed by atoms with E-state index < -0.39 is 0 Å². The molecule has 1 aromatic carbocycles. The Bertz CT molecular complexity index is 505. The van der Waals surface area contributed by atoms with Crippen molar-refractivity contribution in [2.45, 2.75) is 26.9 Å². The minimum Gasteiger partial charge on any atom is -0.378 e. The van der Waals surface area contributed by atoms with Gasteiger partial charge in [-0.05, 0) is 37.1 Å². The van der Waals surface area contributed by atoms with Gasteiger partial charge in [-0.3, -0.25) is 4.68 Å². The third-order valence-corrected chi connectivity index (χ3v) is 2.98. The van der Waals surface area contributed by atoms with E-state index in [1.807, 2.05) is 29.2 Å². The van der Waals surface area contributed by atoms with Gasteiger partial charge in [0.25, 0.3) is 0 Å². The molecular formula is C13H16ClN3. The molecule has 2 rings (SSSR count). The molecule has 0 atom stereocenters. The molecule has 90 valence electrons. The average molecular weight is 250 g/mol. The second-order valence-corrected chi connectivity index (χ2v) is 4.45. The van der Waals surface area contributed by atoms with Crippen LogP contribution in [0.2, 0.25) is 5.02 Å². The molecule has 1 N–H and O–H groups in total. The molecule has 0 unspecified atom stereocenters. The van der Waals surface area contributed by atoms with E-state index in [1.165, 1.54) is 11.1 Å². The van der Waals surface area contributed by atoms with Crippen LogP contribution >= 0.6 is 11.6 Å². The predicted octanol–water partition coefficient (Wildman–Crippen LogP) is 3.48. The smallest absolute Gasteiger partial charge is 0.0729 e. The predicted molar refractivity (Wildman–Crippen MR) is 71.4 cm³/mol. The number of benzene rings is 1. The number of aromatic nitrogens is 2. The van der Waals surface area contributed by atoms with Gasteiger partial charge >= 0.3 is 0 Å². The fraction of sp³-hybridized carbons (Fsp3) is 0.308. The SMILES string of the molecule is CCn1cc(NCc2ccc(Cl)cc2C)cn1. The quantitative estimate of drug-likeness (QED) is 0.899. The van der Waals surface area contributed by atoms with Gasteiger partial charge in [0, 0.05) is 24.3 Å². The lowest BCUT2D eigenvalue weighted by molar-refractivity contribution is 0.660. The van der Waals surface area contributed by atoms with Gasteiger partial charge in [-0.15, -0.1) is 0 Å². The molecule has 1 heterocycles. The zero-order valence-electron chi connectivity index (χ0n) is 10.1. The number of halogens is 1. The van der Waals surface area contributed by atoms with Crippen LogP contribution in [0, 0.1) is 6.92 Å². The van der Waals surface area contributed by atoms with Gasteiger partial charge in [0.15, 0.2) is 0 Å². The Morgan fingerprint density at radius 1 is 1.41 bits per heavy atom. The van der Waals surface area contributed by atoms with E-state index in [0.29, 0.717) is 0 Å². The molecule has 0 bridgehead atoms. The van der Waals surface area contributed by atoms with Crippen LogP contribution < -0.4 is 5.32 Å². The Hall–Kier alpha value is -1.48. The first-order valence-electron chi connectivity index (χ1n) is 5.70. The molecule has 1 aromatic heterocycles. The van der Waals surface area contributed by atoms with Crippen molar-refractivity contribution < 1.29 is 0 Å². The van der Waals surface area contributed by atoms with Crippen LogP contribution in [-0.4, -0.2) is 9.78 Å². The molecule has 0 saturated heterocycles. The molecule has 0 spiro atoms. The standard InChI is InChI=1S/C13H16ClN3/c1-3-17-9-13(8-16-17)15-7-11-4-5-12(14)6-10(11)2/h4-6,8-9,15H,3,7H2,1-2H3. The number of aryl methyl sites for hydroxylation is 2. The topological polar surface area (TPSA) is 29.9 Å². The van der Waals surface area contributed by atoms with Crippen molar-refractivity contribution >= 4 is 17.3 Å². The van der Waals surface area contributed by atoms with E-state index in [1.54, 1.807) is 0 Å². The Morgan fingerprint density at radius 2 is 2.24 bits per heavy atom. The number of hydrogen-bond acceptors (Lipinski definition) is 2. The molecule has 2 aromatic rings. The first-order chi connectivity index (χ1) is 8.19. The van der Waals surface area contributed by atoms with Gasteiger partial charge in [0.05, 0.1) is 11.9 Å². The summed E-state index contributed by atoms with van der Waals surface area (Å²) in [6.07, 6.45) is 3.85. The minimum absolute atomic E-state index is 0.782. The number of nitrogens with zero attached hydrogens (tertiary/aromatic N) is 2. The van der Waals surface area contributed by atoms with Gasteiger partial charge in [-0.25, -0.2) is 0 Å². The summed E-state index contributed by atoms with van der Waals surface area (Å²) in [7, 11) is 0. The summed E-state index contributed by atoms with van der Waals surface area (Å²) in [6.45, 7) is 5.82. The van der Waals surface area contributed by atoms with E-state index in [4.69, 9.17) is 11.6 Å². The largest absolute Gasteiger partial charge is 0.378 e. The van der Waals surface area contributed by atoms with Crippen LogP contribution in [-0.2, 0) is 13.1 Å². The van der Waals surface area contributed by atoms with Gasteiger partial charge in [-0.1, -0.05) is 17.7 Å². The fourth-order valence-electron chi connectivity index (χ4n) is 1.68. The lowest BCUT2D eigenvalue weighted by atomic mass is 10.1. The molecule has 3 nitrogen and oxygen atoms in total. The summed E-state index contributed by atoms with van der Waals surface area (Å²) in [5.41, 5.74) is 3.49. The van der Waals surface area contributed by atoms with Gasteiger partial charge < -0.3 is 5.32 Å². The van der Waals surface area contributed by atoms with Crippen LogP contribution in [0.25, 0.3) is 0 Å². The molecule has 0 radical (unpaired) electrons. The second-order valence-electron chi connectivity index (χ2n) is 4.01. The summed E-state index contributed by atoms with van der Waals surface area (Å²) in [5, 5.41) is 8.35. The van der Waals surface area contributed by atoms with E-state index in [0.717, 1.165) is 23.8 Å². The minimum atomic E-state index is 0.782. The highest BCUT2D eigenvalue weighted by Crippen LogP contribution is 2.16. The summed E-state index contributed by atoms with van der Waals surface area (Å²) in [4.78, 5) is 0. The van der Waals surface area contributed by atoms with E-state index in [2.05, 4.69) is 30.3 Å². The molecule has 0 aliphatic rings. The van der Waals surface area contributed by atoms with Gasteiger partial charge in [0.2, 0.25) is 0 Å². The van der Waals surface area contributed by atoms with Crippen molar-refractivity contribution in [3.8, 4) is 0 Å². The third kappa shape index (κ3) is 3.01. The maximum absolute atomic E-state index is 5.92. The van der Waals surface area contributed by atoms with Crippen LogP contribution in [0.1, 0.15) is 18.1 Å². The number of hydrogen-bond donors (Lipinski definition) is 1. The Kier molecular flexibility index (Phi) is 3.69. The highest BCUT2D eigenvalue weighted by molar-refractivity contribution is 6.30. The summed E-state index contributed by atoms with van der Waals surface area (Å²) in [5.74, 6) is 0. The van der Waals surface area contributed by atoms with Crippen LogP contribution in [0.5, 0.6) is 0 Å². The summed E-state index contributed by atoms with van der Waals surface area (Å²) in [6, 6.07) is 5.95. The lowest BCUT2D eigenvalue weighted by Gasteiger charge is -2.07. The maximum atomic E-state index is 5.92. The lowest BCUT2D eigenvalue weighted by Crippen LogP contribution is -2.00. The molecule has 0 fully saturated rings. The van der Waals surface area contributed by atoms with Gasteiger partial charge in [-0.2, -0.15) is 5.10 Å². The van der Waals surface area contributed by atoms with E-state index >= 15 is 0 Å². The van der Waals surface area contributed by atoms with Crippen molar-refractivity contribution in [2.24, 2.45) is 0 Å². The second kappa shape index (κ2) is 5.23. The first kappa shape index (κ1) is 12.0. The summed E-state index contributed by atoms with van der Waals surface area (Å²) < 4.78 is 1.90. The molecule has 0 aliphatic heterocycles. The summed E-state index contributed by atoms with van der Waals surface area (Å²) >= 11 is 5.92. The molecule has 0 aliphatic carbocycles. The van der Waals surface area contributed by atoms with Crippen molar-refractivity contribution in [3.05, 3.63) is 46.7 Å². The zero-order chi connectivity index (χ0) is 12.3. The van der Waals surface area contributed by atoms with Crippen molar-refractivity contribution in [1.29, 1.82) is 0 Å².